The van der Waals surface area contributed by atoms with Crippen LogP contribution in [0.5, 0.6) is 5.88 Å². The highest BCUT2D eigenvalue weighted by atomic mass is 35.5. The van der Waals surface area contributed by atoms with Crippen LogP contribution in [0.4, 0.5) is 18.9 Å². The first-order chi connectivity index (χ1) is 12.7. The van der Waals surface area contributed by atoms with Crippen molar-refractivity contribution in [1.82, 2.24) is 10.3 Å². The van der Waals surface area contributed by atoms with Gasteiger partial charge in [0.25, 0.3) is 11.6 Å². The maximum atomic E-state index is 12.6. The Bertz CT molecular complexity index is 846. The van der Waals surface area contributed by atoms with E-state index < -0.39 is 22.7 Å². The Balaban J connectivity index is 1.83. The smallest absolute Gasteiger partial charge is 0.433 e. The van der Waals surface area contributed by atoms with Gasteiger partial charge in [-0.3, -0.25) is 14.9 Å². The second kappa shape index (κ2) is 8.67. The Hall–Kier alpha value is -2.88. The minimum atomic E-state index is -4.56. The van der Waals surface area contributed by atoms with Crippen molar-refractivity contribution < 1.29 is 27.6 Å². The number of hydrogen-bond acceptors (Lipinski definition) is 5. The molecule has 144 valence electrons. The largest absolute Gasteiger partial charge is 0.478 e. The van der Waals surface area contributed by atoms with E-state index in [0.717, 1.165) is 12.1 Å². The first kappa shape index (κ1) is 20.4. The van der Waals surface area contributed by atoms with Crippen molar-refractivity contribution in [1.29, 1.82) is 0 Å². The van der Waals surface area contributed by atoms with Crippen molar-refractivity contribution in [3.63, 3.8) is 0 Å². The quantitative estimate of drug-likeness (QED) is 0.430. The standard InChI is InChI=1S/C16H13ClF3N3O4/c17-12-6-5-10(23(25)26)9-11(12)15(24)21-7-2-8-27-14-4-1-3-13(22-14)16(18,19)20/h1,3-6,9H,2,7-8H2,(H,21,24). The number of ether oxygens (including phenoxy) is 1. The highest BCUT2D eigenvalue weighted by Gasteiger charge is 2.32. The van der Waals surface area contributed by atoms with Gasteiger partial charge in [0, 0.05) is 24.7 Å². The summed E-state index contributed by atoms with van der Waals surface area (Å²) in [5.41, 5.74) is -1.39. The number of amides is 1. The second-order valence-corrected chi connectivity index (χ2v) is 5.65. The number of non-ortho nitro benzene ring substituents is 1. The summed E-state index contributed by atoms with van der Waals surface area (Å²) in [6.07, 6.45) is -4.29. The first-order valence-corrected chi connectivity index (χ1v) is 7.95. The third kappa shape index (κ3) is 5.81. The lowest BCUT2D eigenvalue weighted by atomic mass is 10.2. The molecule has 1 heterocycles. The van der Waals surface area contributed by atoms with Gasteiger partial charge in [0.2, 0.25) is 5.88 Å². The molecule has 0 saturated carbocycles. The van der Waals surface area contributed by atoms with Gasteiger partial charge in [-0.05, 0) is 18.6 Å². The zero-order chi connectivity index (χ0) is 20.0. The van der Waals surface area contributed by atoms with Crippen molar-refractivity contribution in [2.24, 2.45) is 0 Å². The zero-order valence-corrected chi connectivity index (χ0v) is 14.4. The van der Waals surface area contributed by atoms with Gasteiger partial charge >= 0.3 is 6.18 Å². The number of carbonyl (C=O) groups is 1. The normalized spacial score (nSPS) is 11.1. The number of benzene rings is 1. The minimum absolute atomic E-state index is 0.0112. The molecule has 2 rings (SSSR count). The van der Waals surface area contributed by atoms with Crippen LogP contribution in [0.1, 0.15) is 22.5 Å². The lowest BCUT2D eigenvalue weighted by molar-refractivity contribution is -0.384. The maximum Gasteiger partial charge on any atom is 0.433 e. The molecule has 0 atom stereocenters. The fourth-order valence-electron chi connectivity index (χ4n) is 2.00. The van der Waals surface area contributed by atoms with Crippen LogP contribution in [0.25, 0.3) is 0 Å². The van der Waals surface area contributed by atoms with Crippen LogP contribution in [0.3, 0.4) is 0 Å². The Morgan fingerprint density at radius 2 is 2.04 bits per heavy atom. The summed E-state index contributed by atoms with van der Waals surface area (Å²) in [5.74, 6) is -0.793. The number of nitrogens with one attached hydrogen (secondary N) is 1. The fraction of sp³-hybridized carbons (Fsp3) is 0.250. The summed E-state index contributed by atoms with van der Waals surface area (Å²) in [7, 11) is 0. The van der Waals surface area contributed by atoms with Gasteiger partial charge in [-0.15, -0.1) is 0 Å². The molecule has 0 saturated heterocycles. The SMILES string of the molecule is O=C(NCCCOc1cccc(C(F)(F)F)n1)c1cc([N+](=O)[O-])ccc1Cl. The zero-order valence-electron chi connectivity index (χ0n) is 13.6. The van der Waals surface area contributed by atoms with Crippen LogP contribution >= 0.6 is 11.6 Å². The number of nitro benzene ring substituents is 1. The minimum Gasteiger partial charge on any atom is -0.478 e. The monoisotopic (exact) mass is 403 g/mol. The second-order valence-electron chi connectivity index (χ2n) is 5.24. The van der Waals surface area contributed by atoms with Crippen molar-refractivity contribution in [2.45, 2.75) is 12.6 Å². The molecule has 0 aliphatic carbocycles. The fourth-order valence-corrected chi connectivity index (χ4v) is 2.20. The van der Waals surface area contributed by atoms with E-state index >= 15 is 0 Å². The molecule has 1 amide bonds. The Labute approximate surface area is 156 Å². The third-order valence-corrected chi connectivity index (χ3v) is 3.61. The van der Waals surface area contributed by atoms with E-state index in [4.69, 9.17) is 16.3 Å². The molecule has 0 bridgehead atoms. The van der Waals surface area contributed by atoms with E-state index in [-0.39, 0.29) is 41.7 Å². The molecule has 0 radical (unpaired) electrons. The third-order valence-electron chi connectivity index (χ3n) is 3.28. The van der Waals surface area contributed by atoms with Crippen LogP contribution in [0.15, 0.2) is 36.4 Å². The number of halogens is 4. The number of carbonyl (C=O) groups excluding carboxylic acids is 1. The number of nitrogens with zero attached hydrogens (tertiary/aromatic N) is 2. The molecule has 7 nitrogen and oxygen atoms in total. The lowest BCUT2D eigenvalue weighted by Gasteiger charge is -2.10. The number of pyridine rings is 1. The van der Waals surface area contributed by atoms with Gasteiger partial charge < -0.3 is 10.1 Å². The highest BCUT2D eigenvalue weighted by Crippen LogP contribution is 2.28. The molecule has 11 heteroatoms. The van der Waals surface area contributed by atoms with Gasteiger partial charge in [0.05, 0.1) is 22.1 Å². The van der Waals surface area contributed by atoms with Crippen molar-refractivity contribution in [3.05, 3.63) is 62.8 Å². The Morgan fingerprint density at radius 1 is 1.30 bits per heavy atom. The predicted molar refractivity (Wildman–Crippen MR) is 89.8 cm³/mol. The average Bonchev–Trinajstić information content (AvgIpc) is 2.61. The van der Waals surface area contributed by atoms with Crippen LogP contribution in [-0.4, -0.2) is 29.0 Å². The van der Waals surface area contributed by atoms with Crippen LogP contribution in [0, 0.1) is 10.1 Å². The Kier molecular flexibility index (Phi) is 6.56. The average molecular weight is 404 g/mol. The molecule has 0 aliphatic heterocycles. The molecule has 0 spiro atoms. The summed E-state index contributed by atoms with van der Waals surface area (Å²) < 4.78 is 42.8. The van der Waals surface area contributed by atoms with E-state index in [1.54, 1.807) is 0 Å². The number of nitro groups is 1. The molecular formula is C16H13ClF3N3O4. The van der Waals surface area contributed by atoms with Gasteiger partial charge in [0.15, 0.2) is 0 Å². The van der Waals surface area contributed by atoms with Crippen LogP contribution in [0.2, 0.25) is 5.02 Å². The number of aromatic nitrogens is 1. The number of hydrogen-bond donors (Lipinski definition) is 1. The van der Waals surface area contributed by atoms with Gasteiger partial charge in [-0.1, -0.05) is 17.7 Å². The molecule has 1 aromatic carbocycles. The molecule has 0 unspecified atom stereocenters. The van der Waals surface area contributed by atoms with Crippen LogP contribution < -0.4 is 10.1 Å². The van der Waals surface area contributed by atoms with Crippen molar-refractivity contribution in [3.8, 4) is 5.88 Å². The molecule has 1 aromatic heterocycles. The first-order valence-electron chi connectivity index (χ1n) is 7.57. The lowest BCUT2D eigenvalue weighted by Crippen LogP contribution is -2.26. The summed E-state index contributed by atoms with van der Waals surface area (Å²) in [6.45, 7) is 0.133. The Morgan fingerprint density at radius 3 is 2.70 bits per heavy atom. The van der Waals surface area contributed by atoms with E-state index in [2.05, 4.69) is 10.3 Å². The van der Waals surface area contributed by atoms with Gasteiger partial charge in [-0.2, -0.15) is 13.2 Å². The van der Waals surface area contributed by atoms with E-state index in [9.17, 15) is 28.1 Å². The molecule has 2 aromatic rings. The summed E-state index contributed by atoms with van der Waals surface area (Å²) in [6, 6.07) is 6.77. The summed E-state index contributed by atoms with van der Waals surface area (Å²) in [4.78, 5) is 25.5. The topological polar surface area (TPSA) is 94.4 Å². The number of rotatable bonds is 7. The summed E-state index contributed by atoms with van der Waals surface area (Å²) in [5, 5.41) is 13.3. The van der Waals surface area contributed by atoms with E-state index in [1.807, 2.05) is 0 Å². The van der Waals surface area contributed by atoms with Gasteiger partial charge in [-0.25, -0.2) is 4.98 Å². The van der Waals surface area contributed by atoms with Crippen LogP contribution in [-0.2, 0) is 6.18 Å². The maximum absolute atomic E-state index is 12.6. The van der Waals surface area contributed by atoms with Gasteiger partial charge in [0.1, 0.15) is 5.69 Å². The van der Waals surface area contributed by atoms with Crippen molar-refractivity contribution in [2.75, 3.05) is 13.2 Å². The molecule has 1 N–H and O–H groups in total. The number of alkyl halides is 3. The molecule has 0 aliphatic rings. The van der Waals surface area contributed by atoms with E-state index in [1.165, 1.54) is 24.3 Å². The highest BCUT2D eigenvalue weighted by molar-refractivity contribution is 6.33. The molecular weight excluding hydrogens is 391 g/mol. The van der Waals surface area contributed by atoms with E-state index in [0.29, 0.717) is 0 Å². The predicted octanol–water partition coefficient (Wildman–Crippen LogP) is 3.86. The molecule has 27 heavy (non-hydrogen) atoms. The van der Waals surface area contributed by atoms with Crippen molar-refractivity contribution >= 4 is 23.2 Å². The summed E-state index contributed by atoms with van der Waals surface area (Å²) >= 11 is 5.86. The molecule has 0 fully saturated rings.